The van der Waals surface area contributed by atoms with Gasteiger partial charge in [0.25, 0.3) is 6.71 Å². The molecule has 0 spiro atoms. The maximum Gasteiger partial charge on any atom is 0.252 e. The second-order valence-corrected chi connectivity index (χ2v) is 10.6. The van der Waals surface area contributed by atoms with Crippen molar-refractivity contribution in [1.82, 2.24) is 19.1 Å². The average Bonchev–Trinajstić information content (AvgIpc) is 3.52. The molecular weight excluding hydrogens is 475 g/mol. The lowest BCUT2D eigenvalue weighted by Gasteiger charge is -2.34. The van der Waals surface area contributed by atoms with E-state index in [1.54, 1.807) is 0 Å². The lowest BCUT2D eigenvalue weighted by atomic mass is 9.34. The highest BCUT2D eigenvalue weighted by Crippen LogP contribution is 2.39. The lowest BCUT2D eigenvalue weighted by molar-refractivity contribution is 1.14. The number of benzene rings is 4. The van der Waals surface area contributed by atoms with E-state index in [0.717, 1.165) is 22.1 Å². The van der Waals surface area contributed by atoms with Crippen molar-refractivity contribution in [3.63, 3.8) is 0 Å². The molecule has 4 aromatic carbocycles. The first-order valence-corrected chi connectivity index (χ1v) is 13.4. The van der Waals surface area contributed by atoms with Crippen molar-refractivity contribution in [1.29, 1.82) is 0 Å². The Hall–Kier alpha value is -5.16. The van der Waals surface area contributed by atoms with Gasteiger partial charge in [-0.15, -0.1) is 0 Å². The molecule has 2 aliphatic heterocycles. The van der Waals surface area contributed by atoms with Crippen LogP contribution in [0, 0.1) is 0 Å². The first-order chi connectivity index (χ1) is 19.4. The maximum absolute atomic E-state index is 4.86. The molecule has 0 saturated carbocycles. The highest BCUT2D eigenvalue weighted by Gasteiger charge is 2.41. The largest absolute Gasteiger partial charge is 0.309 e. The van der Waals surface area contributed by atoms with Crippen LogP contribution in [-0.2, 0) is 0 Å². The predicted octanol–water partition coefficient (Wildman–Crippen LogP) is 5.48. The second-order valence-electron chi connectivity index (χ2n) is 10.6. The first kappa shape index (κ1) is 19.9. The molecule has 0 aliphatic carbocycles. The van der Waals surface area contributed by atoms with Crippen molar-refractivity contribution in [2.24, 2.45) is 0 Å². The number of hydrogen-bond acceptors (Lipinski definition) is 2. The van der Waals surface area contributed by atoms with Gasteiger partial charge in [0.1, 0.15) is 0 Å². The third-order valence-corrected chi connectivity index (χ3v) is 8.78. The Morgan fingerprint density at radius 2 is 1.08 bits per heavy atom. The van der Waals surface area contributed by atoms with Crippen LogP contribution < -0.4 is 16.4 Å². The molecule has 5 heteroatoms. The normalized spacial score (nSPS) is 13.1. The van der Waals surface area contributed by atoms with Gasteiger partial charge in [-0.2, -0.15) is 0 Å². The van der Waals surface area contributed by atoms with Crippen LogP contribution in [0.25, 0.3) is 66.4 Å². The summed E-state index contributed by atoms with van der Waals surface area (Å²) in [5, 5.41) is 2.42. The summed E-state index contributed by atoms with van der Waals surface area (Å²) < 4.78 is 4.92. The molecule has 0 saturated heterocycles. The van der Waals surface area contributed by atoms with E-state index in [9.17, 15) is 0 Å². The second kappa shape index (κ2) is 6.83. The summed E-state index contributed by atoms with van der Waals surface area (Å²) in [6, 6.07) is 37.5. The van der Waals surface area contributed by atoms with E-state index < -0.39 is 0 Å². The van der Waals surface area contributed by atoms with E-state index in [-0.39, 0.29) is 6.71 Å². The summed E-state index contributed by atoms with van der Waals surface area (Å²) in [4.78, 5) is 9.73. The Morgan fingerprint density at radius 1 is 0.513 bits per heavy atom. The number of rotatable bonds is 1. The summed E-state index contributed by atoms with van der Waals surface area (Å²) in [6.45, 7) is 0.126. The molecule has 4 aromatic heterocycles. The monoisotopic (exact) mass is 494 g/mol. The Kier molecular flexibility index (Phi) is 3.48. The number of fused-ring (bicyclic) bond motifs is 10. The van der Waals surface area contributed by atoms with Crippen LogP contribution in [0.1, 0.15) is 0 Å². The van der Waals surface area contributed by atoms with E-state index >= 15 is 0 Å². The molecule has 39 heavy (non-hydrogen) atoms. The first-order valence-electron chi connectivity index (χ1n) is 13.4. The average molecular weight is 494 g/mol. The number of para-hydroxylation sites is 2. The van der Waals surface area contributed by atoms with Gasteiger partial charge >= 0.3 is 0 Å². The molecule has 0 N–H and O–H groups in total. The van der Waals surface area contributed by atoms with Crippen molar-refractivity contribution in [3.05, 3.63) is 116 Å². The number of pyridine rings is 2. The van der Waals surface area contributed by atoms with Crippen LogP contribution in [-0.4, -0.2) is 25.8 Å². The zero-order valence-electron chi connectivity index (χ0n) is 20.8. The summed E-state index contributed by atoms with van der Waals surface area (Å²) in [6.07, 6.45) is 3.81. The molecule has 10 rings (SSSR count). The summed E-state index contributed by atoms with van der Waals surface area (Å²) in [7, 11) is 0. The third kappa shape index (κ3) is 2.29. The van der Waals surface area contributed by atoms with Crippen molar-refractivity contribution >= 4 is 67.0 Å². The molecule has 0 amide bonds. The molecule has 0 bridgehead atoms. The van der Waals surface area contributed by atoms with Gasteiger partial charge in [0.15, 0.2) is 0 Å². The summed E-state index contributed by atoms with van der Waals surface area (Å²) >= 11 is 0. The zero-order valence-corrected chi connectivity index (χ0v) is 20.8. The molecule has 178 valence electrons. The van der Waals surface area contributed by atoms with Crippen molar-refractivity contribution in [2.45, 2.75) is 0 Å². The molecule has 2 aliphatic rings. The minimum Gasteiger partial charge on any atom is -0.309 e. The fraction of sp³-hybridized carbons (Fsp3) is 0. The van der Waals surface area contributed by atoms with Crippen LogP contribution in [0.5, 0.6) is 0 Å². The van der Waals surface area contributed by atoms with Gasteiger partial charge in [-0.05, 0) is 63.9 Å². The molecule has 0 fully saturated rings. The SMILES string of the molecule is c1ccc(-c2cc3c4c(c2)-n2c5cccnc5c5cccc(c52)B4c2cccc4c5ncccc5n-3c24)cc1. The molecule has 6 heterocycles. The smallest absolute Gasteiger partial charge is 0.252 e. The summed E-state index contributed by atoms with van der Waals surface area (Å²) in [5.74, 6) is 0. The van der Waals surface area contributed by atoms with E-state index in [2.05, 4.69) is 100 Å². The van der Waals surface area contributed by atoms with Gasteiger partial charge in [-0.3, -0.25) is 9.97 Å². The van der Waals surface area contributed by atoms with Crippen molar-refractivity contribution in [2.75, 3.05) is 0 Å². The maximum atomic E-state index is 4.86. The Bertz CT molecular complexity index is 2200. The highest BCUT2D eigenvalue weighted by molar-refractivity contribution is 7.00. The van der Waals surface area contributed by atoms with E-state index in [1.807, 2.05) is 24.5 Å². The minimum atomic E-state index is 0.126. The fourth-order valence-corrected chi connectivity index (χ4v) is 7.35. The minimum absolute atomic E-state index is 0.126. The van der Waals surface area contributed by atoms with E-state index in [0.29, 0.717) is 0 Å². The predicted molar refractivity (Wildman–Crippen MR) is 161 cm³/mol. The Morgan fingerprint density at radius 3 is 1.64 bits per heavy atom. The molecule has 0 unspecified atom stereocenters. The van der Waals surface area contributed by atoms with Crippen LogP contribution in [0.2, 0.25) is 0 Å². The zero-order chi connectivity index (χ0) is 25.2. The molecule has 0 atom stereocenters. The standard InChI is InChI=1S/C34H19BN4/c1-2-8-20(9-3-1)21-18-28-30-29(19-21)39-27-15-7-17-37-32(27)23-11-5-13-25(34(23)39)35(30)24-12-4-10-22-31-26(14-6-16-36-31)38(28)33(22)24/h1-19H. The number of aromatic nitrogens is 4. The summed E-state index contributed by atoms with van der Waals surface area (Å²) in [5.41, 5.74) is 15.8. The Balaban J connectivity index is 1.49. The van der Waals surface area contributed by atoms with Crippen LogP contribution in [0.15, 0.2) is 116 Å². The fourth-order valence-electron chi connectivity index (χ4n) is 7.35. The van der Waals surface area contributed by atoms with Crippen molar-refractivity contribution in [3.8, 4) is 22.5 Å². The topological polar surface area (TPSA) is 35.6 Å². The van der Waals surface area contributed by atoms with Gasteiger partial charge in [0.05, 0.1) is 33.1 Å². The van der Waals surface area contributed by atoms with Crippen LogP contribution >= 0.6 is 0 Å². The quantitative estimate of drug-likeness (QED) is 0.284. The Labute approximate surface area is 223 Å². The van der Waals surface area contributed by atoms with Gasteiger partial charge in [-0.1, -0.05) is 66.7 Å². The number of nitrogens with zero attached hydrogens (tertiary/aromatic N) is 4. The third-order valence-electron chi connectivity index (χ3n) is 8.78. The van der Waals surface area contributed by atoms with Crippen molar-refractivity contribution < 1.29 is 0 Å². The van der Waals surface area contributed by atoms with E-state index in [4.69, 9.17) is 9.97 Å². The molecular formula is C34H19BN4. The lowest BCUT2D eigenvalue weighted by Crippen LogP contribution is -2.59. The van der Waals surface area contributed by atoms with E-state index in [1.165, 1.54) is 60.7 Å². The van der Waals surface area contributed by atoms with Gasteiger partial charge in [-0.25, -0.2) is 0 Å². The van der Waals surface area contributed by atoms with Gasteiger partial charge < -0.3 is 9.13 Å². The van der Waals surface area contributed by atoms with Crippen LogP contribution in [0.3, 0.4) is 0 Å². The highest BCUT2D eigenvalue weighted by atomic mass is 15.0. The van der Waals surface area contributed by atoms with Gasteiger partial charge in [0, 0.05) is 34.5 Å². The molecule has 4 nitrogen and oxygen atoms in total. The number of hydrogen-bond donors (Lipinski definition) is 0. The van der Waals surface area contributed by atoms with Gasteiger partial charge in [0.2, 0.25) is 0 Å². The molecule has 8 aromatic rings. The van der Waals surface area contributed by atoms with Crippen LogP contribution in [0.4, 0.5) is 0 Å². The molecule has 0 radical (unpaired) electrons.